The molecule has 0 rings (SSSR count). The van der Waals surface area contributed by atoms with Crippen LogP contribution < -0.4 is 0 Å². The number of hydrogen-bond donors (Lipinski definition) is 1. The van der Waals surface area contributed by atoms with Gasteiger partial charge in [-0.15, -0.1) is 0 Å². The van der Waals surface area contributed by atoms with Crippen molar-refractivity contribution < 1.29 is 17.4 Å². The van der Waals surface area contributed by atoms with Gasteiger partial charge in [-0.1, -0.05) is 26.7 Å². The smallest absolute Gasteiger partial charge is 0.301 e. The molecule has 15 heavy (non-hydrogen) atoms. The van der Waals surface area contributed by atoms with Gasteiger partial charge in [0, 0.05) is 35.6 Å². The molecule has 0 aliphatic heterocycles. The lowest BCUT2D eigenvalue weighted by molar-refractivity contribution is 0.323. The number of unbranched alkanes of at least 4 members (excludes halogenated alkanes) is 2. The van der Waals surface area contributed by atoms with Gasteiger partial charge in [-0.3, -0.25) is 0 Å². The molecule has 0 aromatic rings. The summed E-state index contributed by atoms with van der Waals surface area (Å²) in [6.45, 7) is 4.10. The van der Waals surface area contributed by atoms with E-state index in [2.05, 4.69) is 13.8 Å². The molecule has 0 fully saturated rings. The Hall–Kier alpha value is 0.810. The fourth-order valence-electron chi connectivity index (χ4n) is 0.627. The summed E-state index contributed by atoms with van der Waals surface area (Å²) < 4.78 is 20.6. The Bertz CT molecular complexity index is 175. The zero-order valence-electron chi connectivity index (χ0n) is 9.18. The third-order valence-corrected chi connectivity index (χ3v) is 4.72. The molecule has 0 aliphatic carbocycles. The van der Waals surface area contributed by atoms with Gasteiger partial charge in [0.2, 0.25) is 0 Å². The normalized spacial score (nSPS) is 11.9. The second-order valence-electron chi connectivity index (χ2n) is 2.97. The fourth-order valence-corrected chi connectivity index (χ4v) is 3.42. The Labute approximate surface area is 101 Å². The van der Waals surface area contributed by atoms with Crippen LogP contribution in [-0.4, -0.2) is 16.4 Å². The zero-order chi connectivity index (χ0) is 11.6. The molecule has 0 saturated carbocycles. The molecule has 92 valence electrons. The van der Waals surface area contributed by atoms with Crippen molar-refractivity contribution in [3.8, 4) is 0 Å². The summed E-state index contributed by atoms with van der Waals surface area (Å²) >= 11 is 1.99. The van der Waals surface area contributed by atoms with E-state index in [0.717, 1.165) is 49.8 Å². The van der Waals surface area contributed by atoms with Gasteiger partial charge < -0.3 is 4.89 Å². The quantitative estimate of drug-likeness (QED) is 0.369. The van der Waals surface area contributed by atoms with Crippen LogP contribution in [0.5, 0.6) is 0 Å². The van der Waals surface area contributed by atoms with Crippen LogP contribution in [-0.2, 0) is 12.5 Å². The molecule has 0 amide bonds. The summed E-state index contributed by atoms with van der Waals surface area (Å²) in [5.74, 6) is 1.42. The van der Waals surface area contributed by atoms with Crippen LogP contribution in [0.25, 0.3) is 0 Å². The summed E-state index contributed by atoms with van der Waals surface area (Å²) in [6, 6.07) is 0. The second-order valence-corrected chi connectivity index (χ2v) is 6.39. The minimum atomic E-state index is -3.85. The second kappa shape index (κ2) is 10.00. The first-order valence-electron chi connectivity index (χ1n) is 5.07. The zero-order valence-corrected chi connectivity index (χ0v) is 11.7. The molecule has 0 saturated heterocycles. The summed E-state index contributed by atoms with van der Waals surface area (Å²) in [4.78, 5) is 9.18. The molecule has 0 unspecified atom stereocenters. The Morgan fingerprint density at radius 1 is 1.07 bits per heavy atom. The largest absolute Gasteiger partial charge is 0.494 e. The lowest BCUT2D eigenvalue weighted by Gasteiger charge is -2.08. The molecule has 7 heteroatoms. The highest BCUT2D eigenvalue weighted by atomic mass is 32.2. The molecule has 0 radical (unpaired) electrons. The first-order chi connectivity index (χ1) is 7.12. The molecule has 0 aromatic heterocycles. The van der Waals surface area contributed by atoms with Crippen LogP contribution in [0.3, 0.4) is 0 Å². The highest BCUT2D eigenvalue weighted by Gasteiger charge is 2.22. The van der Waals surface area contributed by atoms with E-state index in [1.165, 1.54) is 0 Å². The lowest BCUT2D eigenvalue weighted by Crippen LogP contribution is -1.87. The summed E-state index contributed by atoms with van der Waals surface area (Å²) in [7, 11) is -3.85. The van der Waals surface area contributed by atoms with E-state index in [1.807, 2.05) is 0 Å². The molecular weight excluding hydrogens is 255 g/mol. The highest BCUT2D eigenvalue weighted by Crippen LogP contribution is 2.50. The van der Waals surface area contributed by atoms with Crippen molar-refractivity contribution in [1.82, 2.24) is 0 Å². The number of phosphoric acid groups is 1. The molecular formula is C8H19O4PS2. The molecule has 0 spiro atoms. The molecule has 4 nitrogen and oxygen atoms in total. The minimum Gasteiger partial charge on any atom is -0.301 e. The van der Waals surface area contributed by atoms with Crippen molar-refractivity contribution in [2.24, 2.45) is 0 Å². The Balaban J connectivity index is 3.45. The van der Waals surface area contributed by atoms with Gasteiger partial charge in [-0.25, -0.2) is 12.5 Å². The molecule has 1 N–H and O–H groups in total. The van der Waals surface area contributed by atoms with Crippen molar-refractivity contribution in [3.63, 3.8) is 0 Å². The van der Waals surface area contributed by atoms with Gasteiger partial charge in [0.15, 0.2) is 0 Å². The van der Waals surface area contributed by atoms with Crippen LogP contribution >= 0.6 is 31.9 Å². The van der Waals surface area contributed by atoms with Gasteiger partial charge in [-0.2, -0.15) is 0 Å². The first kappa shape index (κ1) is 15.8. The van der Waals surface area contributed by atoms with Crippen molar-refractivity contribution in [2.45, 2.75) is 39.5 Å². The van der Waals surface area contributed by atoms with E-state index in [0.29, 0.717) is 11.5 Å². The van der Waals surface area contributed by atoms with Gasteiger partial charge in [0.05, 0.1) is 0 Å². The van der Waals surface area contributed by atoms with E-state index < -0.39 is 7.82 Å². The van der Waals surface area contributed by atoms with E-state index in [1.54, 1.807) is 0 Å². The van der Waals surface area contributed by atoms with Gasteiger partial charge in [-0.05, 0) is 12.8 Å². The van der Waals surface area contributed by atoms with Crippen LogP contribution in [0.4, 0.5) is 0 Å². The average Bonchev–Trinajstić information content (AvgIpc) is 2.20. The fraction of sp³-hybridized carbons (Fsp3) is 1.00. The van der Waals surface area contributed by atoms with Gasteiger partial charge in [0.25, 0.3) is 0 Å². The Morgan fingerprint density at radius 3 is 1.80 bits per heavy atom. The summed E-state index contributed by atoms with van der Waals surface area (Å²) in [6.07, 6.45) is 4.01. The topological polar surface area (TPSA) is 55.8 Å². The van der Waals surface area contributed by atoms with E-state index in [-0.39, 0.29) is 0 Å². The molecule has 0 aromatic carbocycles. The minimum absolute atomic E-state index is 0.712. The third kappa shape index (κ3) is 11.1. The SMILES string of the molecule is CCCCSOP(=O)(O)OSCCCC. The summed E-state index contributed by atoms with van der Waals surface area (Å²) in [5, 5.41) is 0. The average molecular weight is 274 g/mol. The van der Waals surface area contributed by atoms with Crippen molar-refractivity contribution in [3.05, 3.63) is 0 Å². The van der Waals surface area contributed by atoms with Crippen LogP contribution in [0.15, 0.2) is 0 Å². The monoisotopic (exact) mass is 274 g/mol. The maximum Gasteiger partial charge on any atom is 0.494 e. The summed E-state index contributed by atoms with van der Waals surface area (Å²) in [5.41, 5.74) is 0. The molecule has 0 atom stereocenters. The van der Waals surface area contributed by atoms with Crippen molar-refractivity contribution in [2.75, 3.05) is 11.5 Å². The number of hydrogen-bond acceptors (Lipinski definition) is 5. The predicted octanol–water partition coefficient (Wildman–Crippen LogP) is 4.02. The Morgan fingerprint density at radius 2 is 1.47 bits per heavy atom. The maximum absolute atomic E-state index is 11.2. The van der Waals surface area contributed by atoms with Crippen LogP contribution in [0.2, 0.25) is 0 Å². The highest BCUT2D eigenvalue weighted by molar-refractivity contribution is 8.01. The lowest BCUT2D eigenvalue weighted by atomic mass is 10.4. The van der Waals surface area contributed by atoms with Crippen LogP contribution in [0.1, 0.15) is 39.5 Å². The van der Waals surface area contributed by atoms with Crippen molar-refractivity contribution >= 4 is 31.9 Å². The van der Waals surface area contributed by atoms with Gasteiger partial charge >= 0.3 is 7.82 Å². The van der Waals surface area contributed by atoms with Crippen molar-refractivity contribution in [1.29, 1.82) is 0 Å². The van der Waals surface area contributed by atoms with E-state index in [4.69, 9.17) is 7.94 Å². The van der Waals surface area contributed by atoms with Gasteiger partial charge in [0.1, 0.15) is 0 Å². The number of rotatable bonds is 10. The molecule has 0 heterocycles. The standard InChI is InChI=1S/C8H19O4PS2/c1-3-5-7-14-11-13(9,10)12-15-8-6-4-2/h3-8H2,1-2H3,(H,9,10). The molecule has 0 aliphatic rings. The van der Waals surface area contributed by atoms with Crippen LogP contribution in [0, 0.1) is 0 Å². The predicted molar refractivity (Wildman–Crippen MR) is 66.7 cm³/mol. The third-order valence-electron chi connectivity index (χ3n) is 1.46. The first-order valence-corrected chi connectivity index (χ1v) is 8.39. The maximum atomic E-state index is 11.2. The Kier molecular flexibility index (Phi) is 10.5. The van der Waals surface area contributed by atoms with E-state index in [9.17, 15) is 9.46 Å². The molecule has 0 bridgehead atoms. The van der Waals surface area contributed by atoms with E-state index >= 15 is 0 Å².